The standard InChI is InChI=1S/C11H13FN2O/c1-14(8-13)6-5-9-7-10(12)3-4-11(9)15-2/h3-4,7H,5-6H2,1-2H3. The van der Waals surface area contributed by atoms with Crippen molar-refractivity contribution in [1.29, 1.82) is 5.26 Å². The van der Waals surface area contributed by atoms with E-state index >= 15 is 0 Å². The molecule has 1 aromatic carbocycles. The minimum atomic E-state index is -0.287. The van der Waals surface area contributed by atoms with Crippen LogP contribution < -0.4 is 4.74 Å². The van der Waals surface area contributed by atoms with Gasteiger partial charge in [-0.25, -0.2) is 4.39 Å². The van der Waals surface area contributed by atoms with Crippen molar-refractivity contribution < 1.29 is 9.13 Å². The molecule has 15 heavy (non-hydrogen) atoms. The fraction of sp³-hybridized carbons (Fsp3) is 0.364. The maximum atomic E-state index is 13.0. The normalized spacial score (nSPS) is 9.47. The molecule has 0 amide bonds. The molecule has 0 aliphatic rings. The minimum Gasteiger partial charge on any atom is -0.496 e. The maximum Gasteiger partial charge on any atom is 0.179 e. The lowest BCUT2D eigenvalue weighted by atomic mass is 10.1. The Morgan fingerprint density at radius 3 is 2.87 bits per heavy atom. The van der Waals surface area contributed by atoms with E-state index in [1.165, 1.54) is 17.0 Å². The second kappa shape index (κ2) is 5.20. The molecule has 0 saturated heterocycles. The van der Waals surface area contributed by atoms with Crippen LogP contribution in [0.1, 0.15) is 5.56 Å². The number of rotatable bonds is 4. The third-order valence-electron chi connectivity index (χ3n) is 2.13. The maximum absolute atomic E-state index is 13.0. The van der Waals surface area contributed by atoms with E-state index < -0.39 is 0 Å². The van der Waals surface area contributed by atoms with Crippen LogP contribution in [0.4, 0.5) is 4.39 Å². The first-order valence-corrected chi connectivity index (χ1v) is 4.60. The first-order chi connectivity index (χ1) is 7.17. The Bertz CT molecular complexity index is 373. The van der Waals surface area contributed by atoms with Gasteiger partial charge in [-0.1, -0.05) is 0 Å². The number of hydrogen-bond acceptors (Lipinski definition) is 3. The number of nitrogens with zero attached hydrogens (tertiary/aromatic N) is 2. The molecular weight excluding hydrogens is 195 g/mol. The summed E-state index contributed by atoms with van der Waals surface area (Å²) in [5.41, 5.74) is 0.777. The first kappa shape index (κ1) is 11.3. The number of halogens is 1. The van der Waals surface area contributed by atoms with E-state index in [-0.39, 0.29) is 5.82 Å². The van der Waals surface area contributed by atoms with Crippen LogP contribution in [0.15, 0.2) is 18.2 Å². The number of likely N-dealkylation sites (N-methyl/N-ethyl adjacent to an activating group) is 1. The zero-order valence-corrected chi connectivity index (χ0v) is 8.83. The number of nitriles is 1. The topological polar surface area (TPSA) is 36.3 Å². The van der Waals surface area contributed by atoms with E-state index in [9.17, 15) is 4.39 Å². The Labute approximate surface area is 88.7 Å². The number of methoxy groups -OCH3 is 1. The number of ether oxygens (including phenoxy) is 1. The first-order valence-electron chi connectivity index (χ1n) is 4.60. The smallest absolute Gasteiger partial charge is 0.179 e. The van der Waals surface area contributed by atoms with Crippen molar-refractivity contribution in [2.45, 2.75) is 6.42 Å². The van der Waals surface area contributed by atoms with Crippen LogP contribution >= 0.6 is 0 Å². The quantitative estimate of drug-likeness (QED) is 0.559. The lowest BCUT2D eigenvalue weighted by Gasteiger charge is -2.11. The lowest BCUT2D eigenvalue weighted by Crippen LogP contribution is -2.15. The summed E-state index contributed by atoms with van der Waals surface area (Å²) in [5.74, 6) is 0.369. The van der Waals surface area contributed by atoms with Gasteiger partial charge in [0.15, 0.2) is 6.19 Å². The van der Waals surface area contributed by atoms with Gasteiger partial charge in [-0.3, -0.25) is 0 Å². The summed E-state index contributed by atoms with van der Waals surface area (Å²) in [6.07, 6.45) is 2.57. The SMILES string of the molecule is COc1ccc(F)cc1CCN(C)C#N. The van der Waals surface area contributed by atoms with Crippen LogP contribution in [0.3, 0.4) is 0 Å². The highest BCUT2D eigenvalue weighted by Gasteiger charge is 2.05. The average molecular weight is 208 g/mol. The van der Waals surface area contributed by atoms with Crippen LogP contribution in [0.25, 0.3) is 0 Å². The summed E-state index contributed by atoms with van der Waals surface area (Å²) in [4.78, 5) is 1.49. The molecule has 0 radical (unpaired) electrons. The van der Waals surface area contributed by atoms with Gasteiger partial charge in [0.25, 0.3) is 0 Å². The molecule has 4 heteroatoms. The van der Waals surface area contributed by atoms with Gasteiger partial charge in [0.2, 0.25) is 0 Å². The highest BCUT2D eigenvalue weighted by atomic mass is 19.1. The second-order valence-electron chi connectivity index (χ2n) is 3.23. The zero-order valence-electron chi connectivity index (χ0n) is 8.83. The molecule has 80 valence electrons. The molecule has 3 nitrogen and oxygen atoms in total. The monoisotopic (exact) mass is 208 g/mol. The summed E-state index contributed by atoms with van der Waals surface area (Å²) in [6, 6.07) is 4.39. The third-order valence-corrected chi connectivity index (χ3v) is 2.13. The van der Waals surface area contributed by atoms with Crippen LogP contribution in [0.2, 0.25) is 0 Å². The van der Waals surface area contributed by atoms with Crippen molar-refractivity contribution in [2.24, 2.45) is 0 Å². The van der Waals surface area contributed by atoms with E-state index in [1.807, 2.05) is 6.19 Å². The molecule has 0 heterocycles. The van der Waals surface area contributed by atoms with Gasteiger partial charge in [0.05, 0.1) is 7.11 Å². The highest BCUT2D eigenvalue weighted by molar-refractivity contribution is 5.34. The summed E-state index contributed by atoms with van der Waals surface area (Å²) in [6.45, 7) is 0.552. The Morgan fingerprint density at radius 1 is 1.53 bits per heavy atom. The van der Waals surface area contributed by atoms with Crippen molar-refractivity contribution in [3.63, 3.8) is 0 Å². The molecule has 0 aliphatic carbocycles. The predicted molar refractivity (Wildman–Crippen MR) is 54.9 cm³/mol. The molecule has 0 atom stereocenters. The molecule has 0 fully saturated rings. The average Bonchev–Trinajstić information content (AvgIpc) is 2.26. The zero-order chi connectivity index (χ0) is 11.3. The van der Waals surface area contributed by atoms with Gasteiger partial charge in [-0.2, -0.15) is 5.26 Å². The van der Waals surface area contributed by atoms with Crippen molar-refractivity contribution in [3.05, 3.63) is 29.6 Å². The van der Waals surface area contributed by atoms with E-state index in [2.05, 4.69) is 0 Å². The Hall–Kier alpha value is -1.76. The molecule has 0 N–H and O–H groups in total. The molecule has 0 saturated carbocycles. The molecular formula is C11H13FN2O. The molecule has 1 aromatic rings. The lowest BCUT2D eigenvalue weighted by molar-refractivity contribution is 0.403. The number of benzene rings is 1. The summed E-state index contributed by atoms with van der Waals surface area (Å²) in [5, 5.41) is 8.56. The van der Waals surface area contributed by atoms with E-state index in [1.54, 1.807) is 20.2 Å². The fourth-order valence-corrected chi connectivity index (χ4v) is 1.28. The van der Waals surface area contributed by atoms with Crippen molar-refractivity contribution >= 4 is 0 Å². The minimum absolute atomic E-state index is 0.287. The van der Waals surface area contributed by atoms with Crippen molar-refractivity contribution in [3.8, 4) is 11.9 Å². The van der Waals surface area contributed by atoms with Crippen LogP contribution in [-0.4, -0.2) is 25.6 Å². The van der Waals surface area contributed by atoms with Crippen molar-refractivity contribution in [1.82, 2.24) is 4.90 Å². The number of hydrogen-bond donors (Lipinski definition) is 0. The van der Waals surface area contributed by atoms with Crippen LogP contribution in [0, 0.1) is 17.3 Å². The molecule has 0 spiro atoms. The molecule has 0 unspecified atom stereocenters. The van der Waals surface area contributed by atoms with Crippen molar-refractivity contribution in [2.75, 3.05) is 20.7 Å². The van der Waals surface area contributed by atoms with Gasteiger partial charge < -0.3 is 9.64 Å². The molecule has 1 rings (SSSR count). The van der Waals surface area contributed by atoms with Crippen LogP contribution in [-0.2, 0) is 6.42 Å². The van der Waals surface area contributed by atoms with Gasteiger partial charge >= 0.3 is 0 Å². The Kier molecular flexibility index (Phi) is 3.92. The summed E-state index contributed by atoms with van der Waals surface area (Å²) < 4.78 is 18.1. The second-order valence-corrected chi connectivity index (χ2v) is 3.23. The predicted octanol–water partition coefficient (Wildman–Crippen LogP) is 1.79. The molecule has 0 bridgehead atoms. The van der Waals surface area contributed by atoms with E-state index in [0.717, 1.165) is 5.56 Å². The van der Waals surface area contributed by atoms with Gasteiger partial charge in [-0.15, -0.1) is 0 Å². The summed E-state index contributed by atoms with van der Waals surface area (Å²) in [7, 11) is 3.23. The summed E-state index contributed by atoms with van der Waals surface area (Å²) >= 11 is 0. The third kappa shape index (κ3) is 3.13. The largest absolute Gasteiger partial charge is 0.496 e. The fourth-order valence-electron chi connectivity index (χ4n) is 1.28. The van der Waals surface area contributed by atoms with Crippen LogP contribution in [0.5, 0.6) is 5.75 Å². The highest BCUT2D eigenvalue weighted by Crippen LogP contribution is 2.19. The van der Waals surface area contributed by atoms with E-state index in [0.29, 0.717) is 18.7 Å². The Balaban J connectivity index is 2.75. The van der Waals surface area contributed by atoms with Gasteiger partial charge in [0, 0.05) is 13.6 Å². The van der Waals surface area contributed by atoms with E-state index in [4.69, 9.17) is 10.00 Å². The Morgan fingerprint density at radius 2 is 2.27 bits per heavy atom. The van der Waals surface area contributed by atoms with Gasteiger partial charge in [0.1, 0.15) is 11.6 Å². The molecule has 0 aliphatic heterocycles. The molecule has 0 aromatic heterocycles. The van der Waals surface area contributed by atoms with Gasteiger partial charge in [-0.05, 0) is 30.2 Å².